The standard InChI is InChI=1S/C17H18N2O2S/c20-22(21,15-10-2-1-3-11-15)19-18-17-13-7-5-9-14-8-4-6-12-16(14)17/h1-4,6,8,10-12,19H,5,7,9,13H2/b18-17-. The van der Waals surface area contributed by atoms with Gasteiger partial charge in [-0.3, -0.25) is 0 Å². The van der Waals surface area contributed by atoms with Crippen molar-refractivity contribution in [3.63, 3.8) is 0 Å². The van der Waals surface area contributed by atoms with Crippen LogP contribution < -0.4 is 4.83 Å². The van der Waals surface area contributed by atoms with Gasteiger partial charge in [0.1, 0.15) is 0 Å². The Hall–Kier alpha value is -2.14. The lowest BCUT2D eigenvalue weighted by atomic mass is 10.0. The Kier molecular flexibility index (Phi) is 4.24. The smallest absolute Gasteiger partial charge is 0.200 e. The van der Waals surface area contributed by atoms with Gasteiger partial charge >= 0.3 is 0 Å². The second-order valence-corrected chi connectivity index (χ2v) is 6.99. The number of sulfonamides is 1. The minimum Gasteiger partial charge on any atom is -0.200 e. The molecule has 114 valence electrons. The van der Waals surface area contributed by atoms with Crippen LogP contribution in [-0.4, -0.2) is 14.1 Å². The lowest BCUT2D eigenvalue weighted by molar-refractivity contribution is 0.584. The maximum atomic E-state index is 12.3. The topological polar surface area (TPSA) is 58.5 Å². The van der Waals surface area contributed by atoms with Crippen molar-refractivity contribution >= 4 is 15.7 Å². The van der Waals surface area contributed by atoms with E-state index in [1.54, 1.807) is 30.3 Å². The van der Waals surface area contributed by atoms with Crippen LogP contribution in [0.25, 0.3) is 0 Å². The lowest BCUT2D eigenvalue weighted by Gasteiger charge is -2.09. The molecule has 0 unspecified atom stereocenters. The van der Waals surface area contributed by atoms with Crippen molar-refractivity contribution in [2.24, 2.45) is 5.10 Å². The van der Waals surface area contributed by atoms with E-state index in [1.165, 1.54) is 5.56 Å². The molecule has 4 nitrogen and oxygen atoms in total. The molecule has 22 heavy (non-hydrogen) atoms. The summed E-state index contributed by atoms with van der Waals surface area (Å²) in [6, 6.07) is 16.4. The number of benzene rings is 2. The Balaban J connectivity index is 1.90. The van der Waals surface area contributed by atoms with E-state index in [4.69, 9.17) is 0 Å². The third kappa shape index (κ3) is 3.20. The first-order valence-corrected chi connectivity index (χ1v) is 8.87. The van der Waals surface area contributed by atoms with Crippen LogP contribution in [0.1, 0.15) is 30.4 Å². The quantitative estimate of drug-likeness (QED) is 0.699. The van der Waals surface area contributed by atoms with Crippen LogP contribution in [-0.2, 0) is 16.4 Å². The van der Waals surface area contributed by atoms with Crippen LogP contribution in [0.15, 0.2) is 64.6 Å². The summed E-state index contributed by atoms with van der Waals surface area (Å²) in [5.41, 5.74) is 3.10. The van der Waals surface area contributed by atoms with E-state index < -0.39 is 10.0 Å². The third-order valence-electron chi connectivity index (χ3n) is 3.79. The Morgan fingerprint density at radius 1 is 0.864 bits per heavy atom. The number of aryl methyl sites for hydroxylation is 1. The first-order valence-electron chi connectivity index (χ1n) is 7.38. The van der Waals surface area contributed by atoms with E-state index >= 15 is 0 Å². The molecule has 3 rings (SSSR count). The molecule has 0 spiro atoms. The highest BCUT2D eigenvalue weighted by Crippen LogP contribution is 2.21. The Morgan fingerprint density at radius 2 is 1.55 bits per heavy atom. The summed E-state index contributed by atoms with van der Waals surface area (Å²) >= 11 is 0. The van der Waals surface area contributed by atoms with Gasteiger partial charge in [0.15, 0.2) is 0 Å². The fraction of sp³-hybridized carbons (Fsp3) is 0.235. The summed E-state index contributed by atoms with van der Waals surface area (Å²) in [7, 11) is -3.61. The monoisotopic (exact) mass is 314 g/mol. The average molecular weight is 314 g/mol. The molecule has 0 saturated carbocycles. The number of hydrazone groups is 1. The zero-order chi connectivity index (χ0) is 15.4. The molecule has 1 N–H and O–H groups in total. The van der Waals surface area contributed by atoms with Gasteiger partial charge in [-0.15, -0.1) is 0 Å². The second-order valence-electron chi connectivity index (χ2n) is 5.33. The molecule has 0 aromatic heterocycles. The minimum atomic E-state index is -3.61. The molecule has 0 saturated heterocycles. The van der Waals surface area contributed by atoms with Crippen LogP contribution in [0.3, 0.4) is 0 Å². The molecule has 0 radical (unpaired) electrons. The minimum absolute atomic E-state index is 0.223. The van der Waals surface area contributed by atoms with Crippen molar-refractivity contribution < 1.29 is 8.42 Å². The van der Waals surface area contributed by atoms with E-state index in [0.717, 1.165) is 37.0 Å². The van der Waals surface area contributed by atoms with Crippen LogP contribution in [0.2, 0.25) is 0 Å². The predicted octanol–water partition coefficient (Wildman–Crippen LogP) is 3.10. The first-order chi connectivity index (χ1) is 10.7. The number of rotatable bonds is 3. The zero-order valence-electron chi connectivity index (χ0n) is 12.2. The van der Waals surface area contributed by atoms with Gasteiger partial charge in [0, 0.05) is 5.56 Å². The van der Waals surface area contributed by atoms with Crippen molar-refractivity contribution in [1.29, 1.82) is 0 Å². The van der Waals surface area contributed by atoms with Crippen LogP contribution in [0.5, 0.6) is 0 Å². The number of hydrogen-bond donors (Lipinski definition) is 1. The molecular formula is C17H18N2O2S. The van der Waals surface area contributed by atoms with Gasteiger partial charge in [0.2, 0.25) is 0 Å². The van der Waals surface area contributed by atoms with Crippen LogP contribution >= 0.6 is 0 Å². The third-order valence-corrected chi connectivity index (χ3v) is 5.02. The highest BCUT2D eigenvalue weighted by Gasteiger charge is 2.16. The molecule has 5 heteroatoms. The largest absolute Gasteiger partial charge is 0.276 e. The molecular weight excluding hydrogens is 296 g/mol. The van der Waals surface area contributed by atoms with Crippen LogP contribution in [0, 0.1) is 0 Å². The SMILES string of the molecule is O=S(=O)(N/N=C1/CCCCc2ccccc21)c1ccccc1. The molecule has 0 atom stereocenters. The van der Waals surface area contributed by atoms with Crippen molar-refractivity contribution in [3.8, 4) is 0 Å². The van der Waals surface area contributed by atoms with Gasteiger partial charge in [-0.2, -0.15) is 18.4 Å². The molecule has 2 aromatic carbocycles. The maximum Gasteiger partial charge on any atom is 0.276 e. The van der Waals surface area contributed by atoms with E-state index in [2.05, 4.69) is 16.0 Å². The highest BCUT2D eigenvalue weighted by molar-refractivity contribution is 7.89. The fourth-order valence-electron chi connectivity index (χ4n) is 2.65. The Labute approximate surface area is 130 Å². The highest BCUT2D eigenvalue weighted by atomic mass is 32.2. The van der Waals surface area contributed by atoms with Crippen molar-refractivity contribution in [3.05, 3.63) is 65.7 Å². The van der Waals surface area contributed by atoms with Gasteiger partial charge in [0.05, 0.1) is 10.6 Å². The van der Waals surface area contributed by atoms with E-state index in [0.29, 0.717) is 0 Å². The number of nitrogens with zero attached hydrogens (tertiary/aromatic N) is 1. The van der Waals surface area contributed by atoms with Crippen molar-refractivity contribution in [1.82, 2.24) is 4.83 Å². The normalized spacial score (nSPS) is 16.8. The number of nitrogens with one attached hydrogen (secondary N) is 1. The van der Waals surface area contributed by atoms with E-state index in [1.807, 2.05) is 18.2 Å². The summed E-state index contributed by atoms with van der Waals surface area (Å²) in [4.78, 5) is 2.60. The first kappa shape index (κ1) is 14.8. The summed E-state index contributed by atoms with van der Waals surface area (Å²) in [5, 5.41) is 4.21. The van der Waals surface area contributed by atoms with Gasteiger partial charge in [-0.25, -0.2) is 0 Å². The second kappa shape index (κ2) is 6.32. The van der Waals surface area contributed by atoms with Gasteiger partial charge in [-0.05, 0) is 43.4 Å². The molecule has 0 aliphatic heterocycles. The van der Waals surface area contributed by atoms with Crippen molar-refractivity contribution in [2.45, 2.75) is 30.6 Å². The average Bonchev–Trinajstić information content (AvgIpc) is 2.76. The van der Waals surface area contributed by atoms with Gasteiger partial charge in [-0.1, -0.05) is 42.5 Å². The van der Waals surface area contributed by atoms with Crippen molar-refractivity contribution in [2.75, 3.05) is 0 Å². The van der Waals surface area contributed by atoms with Gasteiger partial charge < -0.3 is 0 Å². The summed E-state index contributed by atoms with van der Waals surface area (Å²) in [5.74, 6) is 0. The lowest BCUT2D eigenvalue weighted by Crippen LogP contribution is -2.20. The molecule has 2 aromatic rings. The molecule has 0 heterocycles. The van der Waals surface area contributed by atoms with E-state index in [-0.39, 0.29) is 4.90 Å². The van der Waals surface area contributed by atoms with E-state index in [9.17, 15) is 8.42 Å². The summed E-state index contributed by atoms with van der Waals surface area (Å²) in [6.45, 7) is 0. The summed E-state index contributed by atoms with van der Waals surface area (Å²) < 4.78 is 24.5. The number of hydrogen-bond acceptors (Lipinski definition) is 3. The fourth-order valence-corrected chi connectivity index (χ4v) is 3.50. The Morgan fingerprint density at radius 3 is 2.36 bits per heavy atom. The molecule has 1 aliphatic carbocycles. The molecule has 1 aliphatic rings. The molecule has 0 bridgehead atoms. The molecule has 0 fully saturated rings. The zero-order valence-corrected chi connectivity index (χ0v) is 13.0. The molecule has 0 amide bonds. The number of fused-ring (bicyclic) bond motifs is 1. The Bertz CT molecular complexity index is 783. The predicted molar refractivity (Wildman–Crippen MR) is 87.3 cm³/mol. The summed E-state index contributed by atoms with van der Waals surface area (Å²) in [6.07, 6.45) is 3.91. The maximum absolute atomic E-state index is 12.3. The van der Waals surface area contributed by atoms with Gasteiger partial charge in [0.25, 0.3) is 10.0 Å². The van der Waals surface area contributed by atoms with Crippen LogP contribution in [0.4, 0.5) is 0 Å².